The summed E-state index contributed by atoms with van der Waals surface area (Å²) in [5.74, 6) is 0.144. The molecule has 23 heavy (non-hydrogen) atoms. The Morgan fingerprint density at radius 2 is 1.61 bits per heavy atom. The van der Waals surface area contributed by atoms with Crippen molar-refractivity contribution in [3.05, 3.63) is 60.2 Å². The number of nitriles is 1. The lowest BCUT2D eigenvalue weighted by Crippen LogP contribution is -2.05. The molecule has 112 valence electrons. The average Bonchev–Trinajstić information content (AvgIpc) is 2.56. The molecule has 1 heterocycles. The predicted molar refractivity (Wildman–Crippen MR) is 91.6 cm³/mol. The van der Waals surface area contributed by atoms with Gasteiger partial charge in [-0.3, -0.25) is 0 Å². The molecule has 0 radical (unpaired) electrons. The van der Waals surface area contributed by atoms with Crippen LogP contribution in [0.15, 0.2) is 64.4 Å². The molecule has 0 saturated heterocycles. The van der Waals surface area contributed by atoms with E-state index in [1.807, 2.05) is 54.6 Å². The van der Waals surface area contributed by atoms with E-state index in [2.05, 4.69) is 16.0 Å². The summed E-state index contributed by atoms with van der Waals surface area (Å²) in [7, 11) is 0. The number of aromatic nitrogens is 2. The van der Waals surface area contributed by atoms with Gasteiger partial charge in [0.25, 0.3) is 0 Å². The quantitative estimate of drug-likeness (QED) is 0.767. The van der Waals surface area contributed by atoms with Crippen molar-refractivity contribution >= 4 is 23.5 Å². The molecule has 3 aromatic rings. The van der Waals surface area contributed by atoms with E-state index in [0.29, 0.717) is 5.69 Å². The smallest absolute Gasteiger partial charge is 0.222 e. The minimum atomic E-state index is 0.0519. The van der Waals surface area contributed by atoms with Gasteiger partial charge in [-0.2, -0.15) is 10.2 Å². The van der Waals surface area contributed by atoms with E-state index in [9.17, 15) is 5.26 Å². The first-order valence-corrected chi connectivity index (χ1v) is 7.66. The highest BCUT2D eigenvalue weighted by atomic mass is 32.2. The van der Waals surface area contributed by atoms with Crippen LogP contribution in [0.1, 0.15) is 5.56 Å². The van der Waals surface area contributed by atoms with Crippen LogP contribution in [-0.2, 0) is 0 Å². The van der Waals surface area contributed by atoms with Gasteiger partial charge in [-0.15, -0.1) is 0 Å². The van der Waals surface area contributed by atoms with Gasteiger partial charge in [0.2, 0.25) is 5.95 Å². The molecular formula is C17H13N5S. The van der Waals surface area contributed by atoms with Crippen molar-refractivity contribution in [3.8, 4) is 17.3 Å². The van der Waals surface area contributed by atoms with E-state index in [0.717, 1.165) is 15.4 Å². The summed E-state index contributed by atoms with van der Waals surface area (Å²) in [5.41, 5.74) is 13.0. The number of rotatable bonds is 3. The number of nitrogen functional groups attached to an aromatic ring is 2. The van der Waals surface area contributed by atoms with Gasteiger partial charge in [-0.25, -0.2) is 4.98 Å². The lowest BCUT2D eigenvalue weighted by atomic mass is 10.1. The Labute approximate surface area is 138 Å². The largest absolute Gasteiger partial charge is 0.382 e. The fourth-order valence-corrected chi connectivity index (χ4v) is 3.14. The molecule has 1 aromatic heterocycles. The molecule has 0 spiro atoms. The van der Waals surface area contributed by atoms with Gasteiger partial charge >= 0.3 is 0 Å². The maximum absolute atomic E-state index is 9.37. The monoisotopic (exact) mass is 319 g/mol. The maximum atomic E-state index is 9.37. The van der Waals surface area contributed by atoms with Crippen LogP contribution in [0.3, 0.4) is 0 Å². The van der Waals surface area contributed by atoms with Crippen LogP contribution in [0.25, 0.3) is 11.3 Å². The second-order valence-corrected chi connectivity index (χ2v) is 5.83. The Morgan fingerprint density at radius 1 is 0.913 bits per heavy atom. The van der Waals surface area contributed by atoms with Crippen LogP contribution in [-0.4, -0.2) is 9.97 Å². The number of benzene rings is 2. The van der Waals surface area contributed by atoms with Crippen LogP contribution in [0.5, 0.6) is 0 Å². The minimum Gasteiger partial charge on any atom is -0.382 e. The average molecular weight is 319 g/mol. The SMILES string of the molecule is N#Cc1c(N)nc(N)nc1-c1ccccc1Sc1ccccc1. The summed E-state index contributed by atoms with van der Waals surface area (Å²) < 4.78 is 0. The van der Waals surface area contributed by atoms with Crippen LogP contribution in [0.4, 0.5) is 11.8 Å². The van der Waals surface area contributed by atoms with E-state index in [4.69, 9.17) is 11.5 Å². The zero-order valence-electron chi connectivity index (χ0n) is 12.1. The molecule has 0 saturated carbocycles. The van der Waals surface area contributed by atoms with E-state index in [1.165, 1.54) is 0 Å². The van der Waals surface area contributed by atoms with Crippen molar-refractivity contribution in [2.45, 2.75) is 9.79 Å². The summed E-state index contributed by atoms with van der Waals surface area (Å²) in [4.78, 5) is 10.1. The van der Waals surface area contributed by atoms with E-state index < -0.39 is 0 Å². The van der Waals surface area contributed by atoms with Crippen molar-refractivity contribution in [1.29, 1.82) is 5.26 Å². The molecule has 0 unspecified atom stereocenters. The molecular weight excluding hydrogens is 306 g/mol. The first kappa shape index (κ1) is 14.9. The molecule has 0 amide bonds. The minimum absolute atomic E-state index is 0.0519. The third-order valence-corrected chi connectivity index (χ3v) is 4.26. The summed E-state index contributed by atoms with van der Waals surface area (Å²) in [6.45, 7) is 0. The Hall–Kier alpha value is -3.04. The molecule has 0 fully saturated rings. The lowest BCUT2D eigenvalue weighted by molar-refractivity contribution is 1.17. The van der Waals surface area contributed by atoms with Gasteiger partial charge in [0.15, 0.2) is 0 Å². The number of nitrogens with zero attached hydrogens (tertiary/aromatic N) is 3. The van der Waals surface area contributed by atoms with E-state index in [1.54, 1.807) is 11.8 Å². The first-order chi connectivity index (χ1) is 11.2. The molecule has 0 aliphatic carbocycles. The lowest BCUT2D eigenvalue weighted by Gasteiger charge is -2.11. The van der Waals surface area contributed by atoms with Gasteiger partial charge < -0.3 is 11.5 Å². The van der Waals surface area contributed by atoms with Crippen LogP contribution in [0.2, 0.25) is 0 Å². The Bertz CT molecular complexity index is 887. The number of anilines is 2. The third kappa shape index (κ3) is 3.10. The standard InChI is InChI=1S/C17H13N5S/c18-10-13-15(21-17(20)22-16(13)19)12-8-4-5-9-14(12)23-11-6-2-1-3-7-11/h1-9H,(H4,19,20,21,22). The molecule has 3 rings (SSSR count). The Balaban J connectivity index is 2.14. The van der Waals surface area contributed by atoms with E-state index in [-0.39, 0.29) is 17.3 Å². The molecule has 0 aliphatic heterocycles. The normalized spacial score (nSPS) is 10.2. The first-order valence-electron chi connectivity index (χ1n) is 6.84. The molecule has 0 atom stereocenters. The van der Waals surface area contributed by atoms with Gasteiger partial charge in [0, 0.05) is 15.4 Å². The van der Waals surface area contributed by atoms with Gasteiger partial charge in [0.1, 0.15) is 17.5 Å². The maximum Gasteiger partial charge on any atom is 0.222 e. The molecule has 5 nitrogen and oxygen atoms in total. The van der Waals surface area contributed by atoms with Crippen molar-refractivity contribution in [2.24, 2.45) is 0 Å². The van der Waals surface area contributed by atoms with Gasteiger partial charge in [-0.05, 0) is 18.2 Å². The van der Waals surface area contributed by atoms with Crippen LogP contribution in [0, 0.1) is 11.3 Å². The zero-order valence-corrected chi connectivity index (χ0v) is 12.9. The van der Waals surface area contributed by atoms with Crippen LogP contribution < -0.4 is 11.5 Å². The number of hydrogen-bond donors (Lipinski definition) is 2. The van der Waals surface area contributed by atoms with Gasteiger partial charge in [0.05, 0.1) is 5.69 Å². The second-order valence-electron chi connectivity index (χ2n) is 4.71. The van der Waals surface area contributed by atoms with Crippen molar-refractivity contribution < 1.29 is 0 Å². The highest BCUT2D eigenvalue weighted by Gasteiger charge is 2.16. The number of hydrogen-bond acceptors (Lipinski definition) is 6. The number of nitrogens with two attached hydrogens (primary N) is 2. The van der Waals surface area contributed by atoms with Crippen molar-refractivity contribution in [1.82, 2.24) is 9.97 Å². The predicted octanol–water partition coefficient (Wildman–Crippen LogP) is 3.33. The Morgan fingerprint density at radius 3 is 2.35 bits per heavy atom. The second kappa shape index (κ2) is 6.38. The highest BCUT2D eigenvalue weighted by Crippen LogP contribution is 2.37. The molecule has 0 aliphatic rings. The third-order valence-electron chi connectivity index (χ3n) is 3.18. The summed E-state index contributed by atoms with van der Waals surface area (Å²) in [5, 5.41) is 9.37. The molecule has 0 bridgehead atoms. The van der Waals surface area contributed by atoms with Crippen molar-refractivity contribution in [2.75, 3.05) is 11.5 Å². The van der Waals surface area contributed by atoms with E-state index >= 15 is 0 Å². The molecule has 4 N–H and O–H groups in total. The van der Waals surface area contributed by atoms with Crippen LogP contribution >= 0.6 is 11.8 Å². The fraction of sp³-hybridized carbons (Fsp3) is 0. The Kier molecular flexibility index (Phi) is 4.13. The fourth-order valence-electron chi connectivity index (χ4n) is 2.17. The van der Waals surface area contributed by atoms with Gasteiger partial charge in [-0.1, -0.05) is 48.2 Å². The van der Waals surface area contributed by atoms with Crippen molar-refractivity contribution in [3.63, 3.8) is 0 Å². The summed E-state index contributed by atoms with van der Waals surface area (Å²) in [6.07, 6.45) is 0. The molecule has 6 heteroatoms. The highest BCUT2D eigenvalue weighted by molar-refractivity contribution is 7.99. The summed E-state index contributed by atoms with van der Waals surface area (Å²) in [6, 6.07) is 19.7. The zero-order chi connectivity index (χ0) is 16.2. The summed E-state index contributed by atoms with van der Waals surface area (Å²) >= 11 is 1.59. The topological polar surface area (TPSA) is 102 Å². The molecule has 2 aromatic carbocycles.